The molecule has 0 aromatic heterocycles. The molecule has 1 aliphatic rings. The predicted molar refractivity (Wildman–Crippen MR) is 78.2 cm³/mol. The minimum atomic E-state index is -0.522. The summed E-state index contributed by atoms with van der Waals surface area (Å²) < 4.78 is 0. The molecule has 0 bridgehead atoms. The van der Waals surface area contributed by atoms with Gasteiger partial charge in [0.15, 0.2) is 0 Å². The smallest absolute Gasteiger partial charge is 0.270 e. The molecule has 0 spiro atoms. The number of benzene rings is 1. The van der Waals surface area contributed by atoms with Crippen LogP contribution in [0.2, 0.25) is 0 Å². The summed E-state index contributed by atoms with van der Waals surface area (Å²) in [5, 5.41) is 20.9. The SMILES string of the molecule is Cc1ccc([N+](=O)[O-])cc1C(=O)N(C)C1CCCCC1O. The third-order valence-corrected chi connectivity index (χ3v) is 4.17. The van der Waals surface area contributed by atoms with Gasteiger partial charge in [0.25, 0.3) is 11.6 Å². The molecule has 2 rings (SSSR count). The molecule has 0 heterocycles. The molecule has 2 atom stereocenters. The van der Waals surface area contributed by atoms with Crippen molar-refractivity contribution in [3.63, 3.8) is 0 Å². The van der Waals surface area contributed by atoms with Gasteiger partial charge < -0.3 is 10.0 Å². The van der Waals surface area contributed by atoms with E-state index < -0.39 is 11.0 Å². The summed E-state index contributed by atoms with van der Waals surface area (Å²) in [6.07, 6.45) is 2.88. The van der Waals surface area contributed by atoms with Crippen LogP contribution in [-0.2, 0) is 0 Å². The highest BCUT2D eigenvalue weighted by Crippen LogP contribution is 2.25. The molecule has 1 aromatic rings. The van der Waals surface area contributed by atoms with Gasteiger partial charge in [0.2, 0.25) is 0 Å². The van der Waals surface area contributed by atoms with E-state index in [0.29, 0.717) is 17.5 Å². The van der Waals surface area contributed by atoms with E-state index in [1.165, 1.54) is 17.0 Å². The van der Waals surface area contributed by atoms with Crippen LogP contribution in [-0.4, -0.2) is 40.0 Å². The number of aryl methyl sites for hydroxylation is 1. The fourth-order valence-electron chi connectivity index (χ4n) is 2.84. The molecule has 0 saturated heterocycles. The van der Waals surface area contributed by atoms with Gasteiger partial charge in [-0.2, -0.15) is 0 Å². The lowest BCUT2D eigenvalue weighted by molar-refractivity contribution is -0.384. The molecule has 1 saturated carbocycles. The quantitative estimate of drug-likeness (QED) is 0.684. The summed E-state index contributed by atoms with van der Waals surface area (Å²) in [5.74, 6) is -0.276. The van der Waals surface area contributed by atoms with E-state index >= 15 is 0 Å². The van der Waals surface area contributed by atoms with Gasteiger partial charge in [-0.3, -0.25) is 14.9 Å². The van der Waals surface area contributed by atoms with E-state index in [2.05, 4.69) is 0 Å². The van der Waals surface area contributed by atoms with Gasteiger partial charge in [-0.05, 0) is 25.3 Å². The minimum Gasteiger partial charge on any atom is -0.391 e. The lowest BCUT2D eigenvalue weighted by Gasteiger charge is -2.35. The summed E-state index contributed by atoms with van der Waals surface area (Å²) in [6.45, 7) is 1.75. The van der Waals surface area contributed by atoms with Crippen molar-refractivity contribution in [2.45, 2.75) is 44.8 Å². The highest BCUT2D eigenvalue weighted by Gasteiger charge is 2.30. The number of hydrogen-bond acceptors (Lipinski definition) is 4. The maximum atomic E-state index is 12.6. The number of likely N-dealkylation sites (N-methyl/N-ethyl adjacent to an activating group) is 1. The highest BCUT2D eigenvalue weighted by molar-refractivity contribution is 5.96. The molecule has 6 heteroatoms. The first-order valence-electron chi connectivity index (χ1n) is 7.12. The van der Waals surface area contributed by atoms with Gasteiger partial charge in [-0.15, -0.1) is 0 Å². The van der Waals surface area contributed by atoms with Crippen LogP contribution >= 0.6 is 0 Å². The molecule has 1 fully saturated rings. The van der Waals surface area contributed by atoms with Crippen LogP contribution in [0.5, 0.6) is 0 Å². The number of non-ortho nitro benzene ring substituents is 1. The Hall–Kier alpha value is -1.95. The Labute approximate surface area is 123 Å². The lowest BCUT2D eigenvalue weighted by Crippen LogP contribution is -2.46. The van der Waals surface area contributed by atoms with Gasteiger partial charge in [-0.1, -0.05) is 18.9 Å². The van der Waals surface area contributed by atoms with Crippen molar-refractivity contribution in [3.05, 3.63) is 39.4 Å². The van der Waals surface area contributed by atoms with Crippen molar-refractivity contribution in [1.29, 1.82) is 0 Å². The fraction of sp³-hybridized carbons (Fsp3) is 0.533. The van der Waals surface area contributed by atoms with Gasteiger partial charge in [-0.25, -0.2) is 0 Å². The van der Waals surface area contributed by atoms with Crippen LogP contribution in [0, 0.1) is 17.0 Å². The van der Waals surface area contributed by atoms with E-state index in [-0.39, 0.29) is 17.6 Å². The Balaban J connectivity index is 2.26. The number of rotatable bonds is 3. The van der Waals surface area contributed by atoms with Crippen molar-refractivity contribution in [2.75, 3.05) is 7.05 Å². The summed E-state index contributed by atoms with van der Waals surface area (Å²) in [4.78, 5) is 24.4. The second kappa shape index (κ2) is 6.22. The van der Waals surface area contributed by atoms with E-state index in [9.17, 15) is 20.0 Å². The number of carbonyl (C=O) groups is 1. The zero-order valence-electron chi connectivity index (χ0n) is 12.3. The molecular weight excluding hydrogens is 272 g/mol. The number of nitro benzene ring substituents is 1. The average Bonchev–Trinajstić information content (AvgIpc) is 2.46. The van der Waals surface area contributed by atoms with Crippen molar-refractivity contribution >= 4 is 11.6 Å². The Morgan fingerprint density at radius 3 is 2.67 bits per heavy atom. The molecule has 0 radical (unpaired) electrons. The molecule has 21 heavy (non-hydrogen) atoms. The maximum absolute atomic E-state index is 12.6. The van der Waals surface area contributed by atoms with Crippen molar-refractivity contribution in [1.82, 2.24) is 4.90 Å². The third-order valence-electron chi connectivity index (χ3n) is 4.17. The highest BCUT2D eigenvalue weighted by atomic mass is 16.6. The van der Waals surface area contributed by atoms with E-state index in [0.717, 1.165) is 19.3 Å². The molecule has 1 amide bonds. The monoisotopic (exact) mass is 292 g/mol. The maximum Gasteiger partial charge on any atom is 0.270 e. The molecule has 1 N–H and O–H groups in total. The Morgan fingerprint density at radius 1 is 1.38 bits per heavy atom. The average molecular weight is 292 g/mol. The fourth-order valence-corrected chi connectivity index (χ4v) is 2.84. The Morgan fingerprint density at radius 2 is 2.05 bits per heavy atom. The molecule has 114 valence electrons. The molecule has 6 nitrogen and oxygen atoms in total. The minimum absolute atomic E-state index is 0.0958. The number of nitrogens with zero attached hydrogens (tertiary/aromatic N) is 2. The number of aliphatic hydroxyl groups is 1. The van der Waals surface area contributed by atoms with Crippen molar-refractivity contribution in [3.8, 4) is 0 Å². The molecule has 1 aliphatic carbocycles. The van der Waals surface area contributed by atoms with Crippen LogP contribution in [0.1, 0.15) is 41.6 Å². The van der Waals surface area contributed by atoms with Gasteiger partial charge in [0.1, 0.15) is 0 Å². The lowest BCUT2D eigenvalue weighted by atomic mass is 9.91. The predicted octanol–water partition coefficient (Wildman–Crippen LogP) is 2.28. The first kappa shape index (κ1) is 15.4. The summed E-state index contributed by atoms with van der Waals surface area (Å²) in [5.41, 5.74) is 0.925. The Kier molecular flexibility index (Phi) is 4.57. The molecular formula is C15H20N2O4. The third kappa shape index (κ3) is 3.21. The topological polar surface area (TPSA) is 83.7 Å². The number of amides is 1. The first-order chi connectivity index (χ1) is 9.91. The van der Waals surface area contributed by atoms with Gasteiger partial charge in [0.05, 0.1) is 17.1 Å². The van der Waals surface area contributed by atoms with Crippen molar-refractivity contribution in [2.24, 2.45) is 0 Å². The van der Waals surface area contributed by atoms with E-state index in [1.807, 2.05) is 0 Å². The zero-order valence-corrected chi connectivity index (χ0v) is 12.3. The van der Waals surface area contributed by atoms with E-state index in [1.54, 1.807) is 20.0 Å². The summed E-state index contributed by atoms with van der Waals surface area (Å²) in [6, 6.07) is 4.06. The normalized spacial score (nSPS) is 21.9. The number of hydrogen-bond donors (Lipinski definition) is 1. The van der Waals surface area contributed by atoms with Gasteiger partial charge in [0, 0.05) is 24.7 Å². The molecule has 2 unspecified atom stereocenters. The molecule has 1 aromatic carbocycles. The van der Waals surface area contributed by atoms with Crippen LogP contribution in [0.4, 0.5) is 5.69 Å². The largest absolute Gasteiger partial charge is 0.391 e. The van der Waals surface area contributed by atoms with Crippen LogP contribution in [0.25, 0.3) is 0 Å². The Bertz CT molecular complexity index is 559. The number of nitro groups is 1. The van der Waals surface area contributed by atoms with Crippen LogP contribution in [0.15, 0.2) is 18.2 Å². The van der Waals surface area contributed by atoms with E-state index in [4.69, 9.17) is 0 Å². The first-order valence-corrected chi connectivity index (χ1v) is 7.12. The van der Waals surface area contributed by atoms with Gasteiger partial charge >= 0.3 is 0 Å². The second-order valence-corrected chi connectivity index (χ2v) is 5.59. The second-order valence-electron chi connectivity index (χ2n) is 5.59. The van der Waals surface area contributed by atoms with Crippen LogP contribution < -0.4 is 0 Å². The standard InChI is InChI=1S/C15H20N2O4/c1-10-7-8-11(17(20)21)9-12(10)15(19)16(2)13-5-3-4-6-14(13)18/h7-9,13-14,18H,3-6H2,1-2H3. The zero-order chi connectivity index (χ0) is 15.6. The number of carbonyl (C=O) groups excluding carboxylic acids is 1. The summed E-state index contributed by atoms with van der Waals surface area (Å²) >= 11 is 0. The molecule has 0 aliphatic heterocycles. The van der Waals surface area contributed by atoms with Crippen LogP contribution in [0.3, 0.4) is 0 Å². The summed E-state index contributed by atoms with van der Waals surface area (Å²) in [7, 11) is 1.65. The number of aliphatic hydroxyl groups excluding tert-OH is 1. The van der Waals surface area contributed by atoms with Crippen molar-refractivity contribution < 1.29 is 14.8 Å².